The first-order valence-corrected chi connectivity index (χ1v) is 10.8. The highest BCUT2D eigenvalue weighted by Gasteiger charge is 2.29. The minimum Gasteiger partial charge on any atom is -0.500 e. The molecule has 0 fully saturated rings. The molecule has 0 saturated carbocycles. The molecule has 190 valence electrons. The van der Waals surface area contributed by atoms with E-state index in [1.165, 1.54) is 19.2 Å². The second-order valence-electron chi connectivity index (χ2n) is 7.35. The van der Waals surface area contributed by atoms with Crippen molar-refractivity contribution in [3.05, 3.63) is 51.6 Å². The maximum atomic E-state index is 13.0. The Kier molecular flexibility index (Phi) is 7.83. The third-order valence-corrected chi connectivity index (χ3v) is 5.36. The van der Waals surface area contributed by atoms with Crippen LogP contribution in [0.3, 0.4) is 0 Å². The number of nitrogens with zero attached hydrogens (tertiary/aromatic N) is 1. The van der Waals surface area contributed by atoms with Crippen molar-refractivity contribution >= 4 is 28.4 Å². The highest BCUT2D eigenvalue weighted by Crippen LogP contribution is 2.45. The maximum absolute atomic E-state index is 13.0. The number of fused-ring (bicyclic) bond motifs is 1. The van der Waals surface area contributed by atoms with Crippen LogP contribution in [-0.2, 0) is 9.47 Å². The number of phenols is 1. The molecule has 0 atom stereocenters. The average Bonchev–Trinajstić information content (AvgIpc) is 2.87. The highest BCUT2D eigenvalue weighted by atomic mass is 16.6. The van der Waals surface area contributed by atoms with E-state index >= 15 is 0 Å². The first kappa shape index (κ1) is 26.1. The summed E-state index contributed by atoms with van der Waals surface area (Å²) in [5, 5.41) is 22.8. The van der Waals surface area contributed by atoms with Crippen LogP contribution in [0.15, 0.2) is 30.3 Å². The average molecular weight is 499 g/mol. The van der Waals surface area contributed by atoms with E-state index in [-0.39, 0.29) is 28.0 Å². The normalized spacial score (nSPS) is 10.6. The molecular weight excluding hydrogens is 474 g/mol. The number of carbonyl (C=O) groups is 2. The van der Waals surface area contributed by atoms with Crippen molar-refractivity contribution in [1.82, 2.24) is 0 Å². The van der Waals surface area contributed by atoms with Crippen LogP contribution in [0, 0.1) is 10.1 Å². The fourth-order valence-corrected chi connectivity index (χ4v) is 3.86. The van der Waals surface area contributed by atoms with Gasteiger partial charge in [0.05, 0.1) is 50.6 Å². The van der Waals surface area contributed by atoms with Gasteiger partial charge in [-0.3, -0.25) is 10.1 Å². The van der Waals surface area contributed by atoms with Crippen LogP contribution in [0.5, 0.6) is 23.0 Å². The molecule has 11 nitrogen and oxygen atoms in total. The zero-order valence-electron chi connectivity index (χ0n) is 20.4. The highest BCUT2D eigenvalue weighted by molar-refractivity contribution is 6.16. The van der Waals surface area contributed by atoms with Gasteiger partial charge in [-0.25, -0.2) is 9.59 Å². The van der Waals surface area contributed by atoms with Gasteiger partial charge in [-0.1, -0.05) is 0 Å². The van der Waals surface area contributed by atoms with E-state index in [1.54, 1.807) is 26.0 Å². The number of ether oxygens (including phenoxy) is 5. The van der Waals surface area contributed by atoms with Gasteiger partial charge < -0.3 is 28.8 Å². The largest absolute Gasteiger partial charge is 0.500 e. The lowest BCUT2D eigenvalue weighted by atomic mass is 9.88. The van der Waals surface area contributed by atoms with Gasteiger partial charge in [-0.05, 0) is 54.4 Å². The van der Waals surface area contributed by atoms with Gasteiger partial charge in [0.25, 0.3) is 0 Å². The van der Waals surface area contributed by atoms with Gasteiger partial charge >= 0.3 is 17.6 Å². The Balaban J connectivity index is 2.61. The monoisotopic (exact) mass is 499 g/mol. The Morgan fingerprint density at radius 2 is 1.50 bits per heavy atom. The molecule has 0 saturated heterocycles. The molecule has 0 aliphatic carbocycles. The number of hydrogen-bond donors (Lipinski definition) is 1. The fourth-order valence-electron chi connectivity index (χ4n) is 3.86. The molecule has 0 aromatic heterocycles. The minimum atomic E-state index is -0.881. The number of benzene rings is 3. The lowest BCUT2D eigenvalue weighted by Gasteiger charge is -2.19. The Hall–Kier alpha value is -4.54. The predicted octanol–water partition coefficient (Wildman–Crippen LogP) is 4.50. The molecule has 0 unspecified atom stereocenters. The van der Waals surface area contributed by atoms with Crippen LogP contribution >= 0.6 is 0 Å². The van der Waals surface area contributed by atoms with Crippen LogP contribution in [0.25, 0.3) is 21.9 Å². The zero-order valence-corrected chi connectivity index (χ0v) is 20.4. The molecular formula is C25H25NO10. The van der Waals surface area contributed by atoms with Gasteiger partial charge in [-0.15, -0.1) is 0 Å². The van der Waals surface area contributed by atoms with Gasteiger partial charge in [0.15, 0.2) is 17.2 Å². The van der Waals surface area contributed by atoms with Crippen LogP contribution in [0.4, 0.5) is 5.69 Å². The van der Waals surface area contributed by atoms with Crippen molar-refractivity contribution in [2.75, 3.05) is 34.5 Å². The van der Waals surface area contributed by atoms with Crippen molar-refractivity contribution in [3.63, 3.8) is 0 Å². The van der Waals surface area contributed by atoms with Crippen molar-refractivity contribution in [1.29, 1.82) is 0 Å². The first-order chi connectivity index (χ1) is 17.2. The van der Waals surface area contributed by atoms with Gasteiger partial charge in [0, 0.05) is 11.6 Å². The number of nitro groups is 1. The fraction of sp³-hybridized carbons (Fsp3) is 0.280. The second-order valence-corrected chi connectivity index (χ2v) is 7.35. The summed E-state index contributed by atoms with van der Waals surface area (Å²) in [4.78, 5) is 36.7. The molecule has 0 heterocycles. The number of methoxy groups -OCH3 is 3. The summed E-state index contributed by atoms with van der Waals surface area (Å²) >= 11 is 0. The SMILES string of the molecule is CCOc1cc2cc(C(=O)OC)c(C(=O)OC)c(-c3cc(OC)c(O)c([N+](=O)[O-])c3)c2cc1OCC. The molecule has 0 bridgehead atoms. The predicted molar refractivity (Wildman–Crippen MR) is 129 cm³/mol. The van der Waals surface area contributed by atoms with E-state index in [9.17, 15) is 24.8 Å². The quantitative estimate of drug-likeness (QED) is 0.254. The van der Waals surface area contributed by atoms with E-state index in [1.807, 2.05) is 0 Å². The lowest BCUT2D eigenvalue weighted by molar-refractivity contribution is -0.385. The first-order valence-electron chi connectivity index (χ1n) is 10.8. The molecule has 0 amide bonds. The summed E-state index contributed by atoms with van der Waals surface area (Å²) in [7, 11) is 3.53. The van der Waals surface area contributed by atoms with Gasteiger partial charge in [0.1, 0.15) is 0 Å². The summed E-state index contributed by atoms with van der Waals surface area (Å²) in [5.41, 5.74) is -0.754. The molecule has 3 aromatic carbocycles. The molecule has 3 aromatic rings. The van der Waals surface area contributed by atoms with Crippen molar-refractivity contribution in [2.24, 2.45) is 0 Å². The number of phenolic OH excluding ortho intramolecular Hbond substituents is 1. The molecule has 1 N–H and O–H groups in total. The maximum Gasteiger partial charge on any atom is 0.339 e. The smallest absolute Gasteiger partial charge is 0.339 e. The molecule has 0 radical (unpaired) electrons. The van der Waals surface area contributed by atoms with Crippen molar-refractivity contribution in [3.8, 4) is 34.1 Å². The third-order valence-electron chi connectivity index (χ3n) is 5.36. The minimum absolute atomic E-state index is 0.110. The van der Waals surface area contributed by atoms with Gasteiger partial charge in [-0.2, -0.15) is 0 Å². The van der Waals surface area contributed by atoms with Crippen molar-refractivity contribution < 1.29 is 43.3 Å². The molecule has 3 rings (SSSR count). The summed E-state index contributed by atoms with van der Waals surface area (Å²) in [6.07, 6.45) is 0. The van der Waals surface area contributed by atoms with E-state index in [0.717, 1.165) is 20.3 Å². The number of nitro benzene ring substituents is 1. The summed E-state index contributed by atoms with van der Waals surface area (Å²) in [6, 6.07) is 7.09. The standard InChI is InChI=1S/C25H25NO10/c1-6-35-18-10-13-8-16(24(28)33-4)22(25(29)34-5)21(15(13)12-19(18)36-7-2)14-9-17(26(30)31)23(27)20(11-14)32-3/h8-12,27H,6-7H2,1-5H3. The second kappa shape index (κ2) is 10.8. The number of esters is 2. The summed E-state index contributed by atoms with van der Waals surface area (Å²) in [6.45, 7) is 4.23. The molecule has 0 aliphatic heterocycles. The number of hydrogen-bond acceptors (Lipinski definition) is 10. The Morgan fingerprint density at radius 3 is 2.03 bits per heavy atom. The summed E-state index contributed by atoms with van der Waals surface area (Å²) in [5.74, 6) is -1.85. The topological polar surface area (TPSA) is 144 Å². The van der Waals surface area contributed by atoms with Crippen LogP contribution in [-0.4, -0.2) is 56.5 Å². The van der Waals surface area contributed by atoms with E-state index < -0.39 is 28.3 Å². The van der Waals surface area contributed by atoms with Gasteiger partial charge in [0.2, 0.25) is 5.75 Å². The molecule has 36 heavy (non-hydrogen) atoms. The third kappa shape index (κ3) is 4.67. The number of carbonyl (C=O) groups excluding carboxylic acids is 2. The van der Waals surface area contributed by atoms with Crippen LogP contribution in [0.2, 0.25) is 0 Å². The van der Waals surface area contributed by atoms with E-state index in [2.05, 4.69) is 0 Å². The van der Waals surface area contributed by atoms with Crippen molar-refractivity contribution in [2.45, 2.75) is 13.8 Å². The van der Waals surface area contributed by atoms with Crippen LogP contribution in [0.1, 0.15) is 34.6 Å². The van der Waals surface area contributed by atoms with E-state index in [0.29, 0.717) is 35.5 Å². The Morgan fingerprint density at radius 1 is 0.889 bits per heavy atom. The zero-order chi connectivity index (χ0) is 26.6. The summed E-state index contributed by atoms with van der Waals surface area (Å²) < 4.78 is 26.4. The molecule has 11 heteroatoms. The van der Waals surface area contributed by atoms with E-state index in [4.69, 9.17) is 23.7 Å². The number of rotatable bonds is 9. The molecule has 0 aliphatic rings. The van der Waals surface area contributed by atoms with Crippen LogP contribution < -0.4 is 14.2 Å². The Labute approximate surface area is 206 Å². The molecule has 0 spiro atoms. The Bertz CT molecular complexity index is 1350. The number of aromatic hydroxyl groups is 1. The lowest BCUT2D eigenvalue weighted by Crippen LogP contribution is -2.14.